The summed E-state index contributed by atoms with van der Waals surface area (Å²) >= 11 is 6.10. The molecule has 3 N–H and O–H groups in total. The van der Waals surface area contributed by atoms with Crippen LogP contribution in [0, 0.1) is 0 Å². The summed E-state index contributed by atoms with van der Waals surface area (Å²) in [5.74, 6) is 0.226. The van der Waals surface area contributed by atoms with Crippen molar-refractivity contribution in [2.75, 3.05) is 23.3 Å². The third-order valence-electron chi connectivity index (χ3n) is 4.63. The minimum absolute atomic E-state index is 0.240. The van der Waals surface area contributed by atoms with E-state index in [9.17, 15) is 4.79 Å². The number of halogens is 1. The third kappa shape index (κ3) is 3.15. The molecule has 26 heavy (non-hydrogen) atoms. The zero-order valence-corrected chi connectivity index (χ0v) is 14.8. The predicted molar refractivity (Wildman–Crippen MR) is 104 cm³/mol. The standard InChI is InChI=1S/C19H18ClN5O/c20-12-3-1-4-14(9-12)25-8-7-13(10-25)24-19-16-6-2-5-15(18(21)26)17(16)22-11-23-19/h1-6,9,11,13H,7-8,10H2,(H2,21,26)(H,22,23,24). The summed E-state index contributed by atoms with van der Waals surface area (Å²) in [6, 6.07) is 13.5. The number of carbonyl (C=O) groups is 1. The number of nitrogens with one attached hydrogen (secondary N) is 1. The predicted octanol–water partition coefficient (Wildman–Crippen LogP) is 3.07. The number of rotatable bonds is 4. The molecule has 1 atom stereocenters. The fourth-order valence-corrected chi connectivity index (χ4v) is 3.56. The van der Waals surface area contributed by atoms with Crippen molar-refractivity contribution in [2.45, 2.75) is 12.5 Å². The second kappa shape index (κ2) is 6.80. The van der Waals surface area contributed by atoms with Gasteiger partial charge in [-0.1, -0.05) is 23.7 Å². The molecule has 4 rings (SSSR count). The summed E-state index contributed by atoms with van der Waals surface area (Å²) in [6.45, 7) is 1.79. The number of para-hydroxylation sites is 1. The molecule has 7 heteroatoms. The van der Waals surface area contributed by atoms with E-state index in [2.05, 4.69) is 26.3 Å². The number of amides is 1. The zero-order chi connectivity index (χ0) is 18.1. The van der Waals surface area contributed by atoms with Crippen LogP contribution in [0.25, 0.3) is 10.9 Å². The number of carbonyl (C=O) groups excluding carboxylic acids is 1. The van der Waals surface area contributed by atoms with Crippen molar-refractivity contribution >= 4 is 39.9 Å². The van der Waals surface area contributed by atoms with Crippen molar-refractivity contribution in [3.63, 3.8) is 0 Å². The Labute approximate surface area is 156 Å². The average molecular weight is 368 g/mol. The maximum absolute atomic E-state index is 11.6. The molecular weight excluding hydrogens is 350 g/mol. The van der Waals surface area contributed by atoms with Gasteiger partial charge < -0.3 is 16.0 Å². The number of hydrogen-bond acceptors (Lipinski definition) is 5. The Kier molecular flexibility index (Phi) is 4.34. The lowest BCUT2D eigenvalue weighted by Crippen LogP contribution is -2.26. The number of primary amides is 1. The Balaban J connectivity index is 1.57. The van der Waals surface area contributed by atoms with E-state index in [0.29, 0.717) is 11.1 Å². The Morgan fingerprint density at radius 3 is 2.88 bits per heavy atom. The Bertz CT molecular complexity index is 977. The number of nitrogens with two attached hydrogens (primary N) is 1. The molecule has 6 nitrogen and oxygen atoms in total. The second-order valence-electron chi connectivity index (χ2n) is 6.34. The quantitative estimate of drug-likeness (QED) is 0.740. The molecule has 1 amide bonds. The Morgan fingerprint density at radius 2 is 2.08 bits per heavy atom. The van der Waals surface area contributed by atoms with Crippen LogP contribution >= 0.6 is 11.6 Å². The van der Waals surface area contributed by atoms with E-state index in [-0.39, 0.29) is 6.04 Å². The highest BCUT2D eigenvalue weighted by Gasteiger charge is 2.24. The highest BCUT2D eigenvalue weighted by Crippen LogP contribution is 2.27. The van der Waals surface area contributed by atoms with Gasteiger partial charge in [0, 0.05) is 35.2 Å². The summed E-state index contributed by atoms with van der Waals surface area (Å²) in [5, 5.41) is 5.02. The largest absolute Gasteiger partial charge is 0.369 e. The summed E-state index contributed by atoms with van der Waals surface area (Å²) < 4.78 is 0. The summed E-state index contributed by atoms with van der Waals surface area (Å²) in [7, 11) is 0. The van der Waals surface area contributed by atoms with Gasteiger partial charge in [-0.25, -0.2) is 9.97 Å². The van der Waals surface area contributed by atoms with Gasteiger partial charge in [0.1, 0.15) is 12.1 Å². The highest BCUT2D eigenvalue weighted by molar-refractivity contribution is 6.30. The zero-order valence-electron chi connectivity index (χ0n) is 14.0. The SMILES string of the molecule is NC(=O)c1cccc2c(NC3CCN(c4cccc(Cl)c4)C3)ncnc12. The monoisotopic (exact) mass is 367 g/mol. The molecule has 2 aromatic carbocycles. The van der Waals surface area contributed by atoms with Crippen LogP contribution in [-0.2, 0) is 0 Å². The van der Waals surface area contributed by atoms with Crippen molar-refractivity contribution in [2.24, 2.45) is 5.73 Å². The van der Waals surface area contributed by atoms with Gasteiger partial charge >= 0.3 is 0 Å². The molecule has 1 saturated heterocycles. The Hall–Kier alpha value is -2.86. The number of nitrogens with zero attached hydrogens (tertiary/aromatic N) is 3. The van der Waals surface area contributed by atoms with Crippen molar-refractivity contribution in [1.29, 1.82) is 0 Å². The molecule has 0 saturated carbocycles. The minimum Gasteiger partial charge on any atom is -0.369 e. The highest BCUT2D eigenvalue weighted by atomic mass is 35.5. The van der Waals surface area contributed by atoms with Gasteiger partial charge in [-0.05, 0) is 36.8 Å². The number of benzene rings is 2. The summed E-state index contributed by atoms with van der Waals surface area (Å²) in [4.78, 5) is 22.5. The van der Waals surface area contributed by atoms with E-state index in [1.807, 2.05) is 24.3 Å². The molecule has 132 valence electrons. The van der Waals surface area contributed by atoms with Gasteiger partial charge in [0.15, 0.2) is 0 Å². The van der Waals surface area contributed by atoms with E-state index in [4.69, 9.17) is 17.3 Å². The summed E-state index contributed by atoms with van der Waals surface area (Å²) in [5.41, 5.74) is 7.54. The fraction of sp³-hybridized carbons (Fsp3) is 0.211. The van der Waals surface area contributed by atoms with Crippen LogP contribution in [0.1, 0.15) is 16.8 Å². The van der Waals surface area contributed by atoms with E-state index in [0.717, 1.165) is 41.4 Å². The third-order valence-corrected chi connectivity index (χ3v) is 4.87. The van der Waals surface area contributed by atoms with Gasteiger partial charge in [0.25, 0.3) is 5.91 Å². The number of hydrogen-bond donors (Lipinski definition) is 2. The second-order valence-corrected chi connectivity index (χ2v) is 6.78. The molecule has 0 radical (unpaired) electrons. The van der Waals surface area contributed by atoms with Gasteiger partial charge in [-0.2, -0.15) is 0 Å². The molecule has 1 aliphatic rings. The lowest BCUT2D eigenvalue weighted by molar-refractivity contribution is 0.100. The van der Waals surface area contributed by atoms with Gasteiger partial charge in [-0.15, -0.1) is 0 Å². The maximum Gasteiger partial charge on any atom is 0.250 e. The first-order valence-corrected chi connectivity index (χ1v) is 8.80. The first kappa shape index (κ1) is 16.6. The molecule has 2 heterocycles. The first-order valence-electron chi connectivity index (χ1n) is 8.42. The van der Waals surface area contributed by atoms with Crippen LogP contribution in [0.3, 0.4) is 0 Å². The van der Waals surface area contributed by atoms with Crippen molar-refractivity contribution in [3.05, 3.63) is 59.4 Å². The molecule has 1 aliphatic heterocycles. The molecular formula is C19H18ClN5O. The van der Waals surface area contributed by atoms with Gasteiger partial charge in [0.2, 0.25) is 0 Å². The number of anilines is 2. The lowest BCUT2D eigenvalue weighted by Gasteiger charge is -2.20. The normalized spacial score (nSPS) is 16.8. The Morgan fingerprint density at radius 1 is 1.23 bits per heavy atom. The maximum atomic E-state index is 11.6. The smallest absolute Gasteiger partial charge is 0.250 e. The molecule has 1 aromatic heterocycles. The van der Waals surface area contributed by atoms with Crippen LogP contribution < -0.4 is 16.0 Å². The molecule has 0 aliphatic carbocycles. The fourth-order valence-electron chi connectivity index (χ4n) is 3.38. The van der Waals surface area contributed by atoms with E-state index in [1.54, 1.807) is 12.1 Å². The lowest BCUT2D eigenvalue weighted by atomic mass is 10.1. The molecule has 3 aromatic rings. The van der Waals surface area contributed by atoms with Crippen LogP contribution in [0.15, 0.2) is 48.8 Å². The number of fused-ring (bicyclic) bond motifs is 1. The van der Waals surface area contributed by atoms with Crippen molar-refractivity contribution in [1.82, 2.24) is 9.97 Å². The molecule has 1 unspecified atom stereocenters. The molecule has 0 bridgehead atoms. The van der Waals surface area contributed by atoms with Crippen LogP contribution in [0.2, 0.25) is 5.02 Å². The van der Waals surface area contributed by atoms with E-state index >= 15 is 0 Å². The minimum atomic E-state index is -0.492. The van der Waals surface area contributed by atoms with Crippen molar-refractivity contribution < 1.29 is 4.79 Å². The van der Waals surface area contributed by atoms with E-state index < -0.39 is 5.91 Å². The number of aromatic nitrogens is 2. The van der Waals surface area contributed by atoms with Crippen LogP contribution in [0.5, 0.6) is 0 Å². The molecule has 0 spiro atoms. The van der Waals surface area contributed by atoms with Crippen LogP contribution in [0.4, 0.5) is 11.5 Å². The average Bonchev–Trinajstić information content (AvgIpc) is 3.10. The van der Waals surface area contributed by atoms with E-state index in [1.165, 1.54) is 6.33 Å². The molecule has 1 fully saturated rings. The van der Waals surface area contributed by atoms with Crippen LogP contribution in [-0.4, -0.2) is 35.0 Å². The topological polar surface area (TPSA) is 84.1 Å². The van der Waals surface area contributed by atoms with Gasteiger partial charge in [-0.3, -0.25) is 4.79 Å². The summed E-state index contributed by atoms with van der Waals surface area (Å²) in [6.07, 6.45) is 2.44. The first-order chi connectivity index (χ1) is 12.6. The van der Waals surface area contributed by atoms with Crippen molar-refractivity contribution in [3.8, 4) is 0 Å². The van der Waals surface area contributed by atoms with Gasteiger partial charge in [0.05, 0.1) is 11.1 Å².